The highest BCUT2D eigenvalue weighted by molar-refractivity contribution is 6.31. The zero-order valence-corrected chi connectivity index (χ0v) is 29.2. The molecule has 0 saturated heterocycles. The molecule has 7 heteroatoms. The summed E-state index contributed by atoms with van der Waals surface area (Å²) in [4.78, 5) is 26.3. The fourth-order valence-electron chi connectivity index (χ4n) is 5.40. The van der Waals surface area contributed by atoms with Crippen LogP contribution in [0.3, 0.4) is 0 Å². The second-order valence-electron chi connectivity index (χ2n) is 11.7. The van der Waals surface area contributed by atoms with Gasteiger partial charge in [0.05, 0.1) is 25.7 Å². The number of unbranched alkanes of at least 4 members (excludes halogenated alkanes) is 6. The highest BCUT2D eigenvalue weighted by atomic mass is 35.5. The van der Waals surface area contributed by atoms with Crippen molar-refractivity contribution in [2.75, 3.05) is 26.9 Å². The Morgan fingerprint density at radius 2 is 1.51 bits per heavy atom. The molecule has 0 aliphatic carbocycles. The molecule has 0 atom stereocenters. The van der Waals surface area contributed by atoms with Crippen molar-refractivity contribution in [3.63, 3.8) is 0 Å². The van der Waals surface area contributed by atoms with Crippen LogP contribution in [0.2, 0.25) is 5.02 Å². The van der Waals surface area contributed by atoms with Crippen molar-refractivity contribution in [1.29, 1.82) is 0 Å². The molecular weight excluding hydrogens is 610 g/mol. The summed E-state index contributed by atoms with van der Waals surface area (Å²) < 4.78 is 18.3. The van der Waals surface area contributed by atoms with Gasteiger partial charge in [0, 0.05) is 41.3 Å². The second kappa shape index (κ2) is 22.0. The van der Waals surface area contributed by atoms with E-state index in [4.69, 9.17) is 25.8 Å². The van der Waals surface area contributed by atoms with Gasteiger partial charge in [0.2, 0.25) is 0 Å². The zero-order valence-electron chi connectivity index (χ0n) is 28.5. The molecular formula is C40H52ClNO5. The Labute approximate surface area is 286 Å². The topological polar surface area (TPSA) is 66.8 Å². The summed E-state index contributed by atoms with van der Waals surface area (Å²) in [6.07, 6.45) is 25.8. The maximum Gasteiger partial charge on any atom is 0.310 e. The third-order valence-corrected chi connectivity index (χ3v) is 8.25. The molecule has 0 aliphatic heterocycles. The van der Waals surface area contributed by atoms with Crippen molar-refractivity contribution >= 4 is 34.4 Å². The summed E-state index contributed by atoms with van der Waals surface area (Å²) in [6.45, 7) is 5.64. The molecule has 0 saturated carbocycles. The van der Waals surface area contributed by atoms with Gasteiger partial charge in [0.25, 0.3) is 5.91 Å². The second-order valence-corrected chi connectivity index (χ2v) is 12.1. The number of fused-ring (bicyclic) bond motifs is 1. The minimum absolute atomic E-state index is 0.0491. The fraction of sp³-hybridized carbons (Fsp3) is 0.450. The molecule has 0 spiro atoms. The molecule has 2 aromatic carbocycles. The third-order valence-electron chi connectivity index (χ3n) is 8.01. The van der Waals surface area contributed by atoms with E-state index in [9.17, 15) is 9.59 Å². The first-order valence-electron chi connectivity index (χ1n) is 17.1. The van der Waals surface area contributed by atoms with E-state index >= 15 is 0 Å². The van der Waals surface area contributed by atoms with Crippen LogP contribution >= 0.6 is 11.6 Å². The van der Waals surface area contributed by atoms with Gasteiger partial charge in [-0.3, -0.25) is 14.2 Å². The average molecular weight is 662 g/mol. The number of carbonyl (C=O) groups is 2. The van der Waals surface area contributed by atoms with E-state index in [1.54, 1.807) is 42.0 Å². The van der Waals surface area contributed by atoms with Gasteiger partial charge in [0.1, 0.15) is 5.75 Å². The Morgan fingerprint density at radius 3 is 2.21 bits per heavy atom. The molecule has 0 aliphatic rings. The first kappa shape index (κ1) is 37.8. The van der Waals surface area contributed by atoms with Gasteiger partial charge >= 0.3 is 5.97 Å². The lowest BCUT2D eigenvalue weighted by Crippen LogP contribution is -2.15. The lowest BCUT2D eigenvalue weighted by Gasteiger charge is -2.09. The number of rotatable bonds is 22. The van der Waals surface area contributed by atoms with Crippen LogP contribution in [-0.4, -0.2) is 43.4 Å². The van der Waals surface area contributed by atoms with E-state index in [0.717, 1.165) is 49.5 Å². The molecule has 0 radical (unpaired) electrons. The predicted molar refractivity (Wildman–Crippen MR) is 194 cm³/mol. The maximum atomic E-state index is 13.5. The van der Waals surface area contributed by atoms with E-state index in [0.29, 0.717) is 47.2 Å². The van der Waals surface area contributed by atoms with Crippen molar-refractivity contribution in [2.24, 2.45) is 0 Å². The first-order chi connectivity index (χ1) is 23.0. The van der Waals surface area contributed by atoms with Crippen LogP contribution < -0.4 is 4.74 Å². The molecule has 0 amide bonds. The van der Waals surface area contributed by atoms with E-state index in [1.165, 1.54) is 25.7 Å². The monoisotopic (exact) mass is 661 g/mol. The number of carbonyl (C=O) groups excluding carboxylic acids is 2. The van der Waals surface area contributed by atoms with Crippen molar-refractivity contribution in [3.8, 4) is 5.75 Å². The quantitative estimate of drug-likeness (QED) is 0.0609. The van der Waals surface area contributed by atoms with Gasteiger partial charge in [0.15, 0.2) is 0 Å². The van der Waals surface area contributed by atoms with Crippen LogP contribution in [-0.2, 0) is 20.7 Å². The highest BCUT2D eigenvalue weighted by Gasteiger charge is 2.22. The molecule has 6 nitrogen and oxygen atoms in total. The van der Waals surface area contributed by atoms with E-state index < -0.39 is 0 Å². The normalized spacial score (nSPS) is 11.8. The summed E-state index contributed by atoms with van der Waals surface area (Å²) in [6, 6.07) is 12.3. The van der Waals surface area contributed by atoms with Crippen LogP contribution in [0.15, 0.2) is 78.9 Å². The minimum atomic E-state index is -0.344. The number of esters is 1. The van der Waals surface area contributed by atoms with E-state index in [1.807, 2.05) is 19.1 Å². The van der Waals surface area contributed by atoms with Crippen molar-refractivity contribution in [3.05, 3.63) is 101 Å². The van der Waals surface area contributed by atoms with Crippen LogP contribution in [0, 0.1) is 6.92 Å². The Hall–Kier alpha value is -3.61. The molecule has 0 N–H and O–H groups in total. The minimum Gasteiger partial charge on any atom is -0.497 e. The number of aromatic nitrogens is 1. The zero-order chi connectivity index (χ0) is 33.7. The van der Waals surface area contributed by atoms with Crippen LogP contribution in [0.4, 0.5) is 0 Å². The van der Waals surface area contributed by atoms with E-state index in [-0.39, 0.29) is 24.9 Å². The van der Waals surface area contributed by atoms with Crippen molar-refractivity contribution < 1.29 is 23.8 Å². The Morgan fingerprint density at radius 1 is 0.809 bits per heavy atom. The summed E-state index contributed by atoms with van der Waals surface area (Å²) in [5.74, 6) is 0.0875. The van der Waals surface area contributed by atoms with Crippen molar-refractivity contribution in [1.82, 2.24) is 4.57 Å². The van der Waals surface area contributed by atoms with Gasteiger partial charge in [-0.1, -0.05) is 80.3 Å². The number of allylic oxidation sites excluding steroid dienone is 6. The number of ether oxygens (including phenoxy) is 3. The summed E-state index contributed by atoms with van der Waals surface area (Å²) in [5, 5.41) is 1.26. The standard InChI is InChI=1S/C40H52ClNO5/c1-4-5-6-7-8-9-10-11-12-13-14-15-16-17-18-19-26-46-27-21-28-47-39(43)31-36-32(2)42(38-25-24-35(45-3)30-37(36)38)40(44)33-22-20-23-34(41)29-33/h8-9,11-12,14-15,20,22-25,29-30H,4-7,10,13,16-19,21,26-28,31H2,1-3H3/b9-8-,12-11-,15-14-. The molecule has 0 unspecified atom stereocenters. The molecule has 254 valence electrons. The van der Waals surface area contributed by atoms with Crippen molar-refractivity contribution in [2.45, 2.75) is 90.9 Å². The lowest BCUT2D eigenvalue weighted by molar-refractivity contribution is -0.143. The number of hydrogen-bond donors (Lipinski definition) is 0. The molecule has 0 bridgehead atoms. The van der Waals surface area contributed by atoms with Crippen LogP contribution in [0.1, 0.15) is 99.2 Å². The predicted octanol–water partition coefficient (Wildman–Crippen LogP) is 10.4. The Kier molecular flexibility index (Phi) is 17.8. The van der Waals surface area contributed by atoms with E-state index in [2.05, 4.69) is 43.4 Å². The first-order valence-corrected chi connectivity index (χ1v) is 17.5. The van der Waals surface area contributed by atoms with Gasteiger partial charge < -0.3 is 14.2 Å². The Bertz CT molecular complexity index is 1490. The lowest BCUT2D eigenvalue weighted by atomic mass is 10.1. The number of halogens is 1. The number of methoxy groups -OCH3 is 1. The van der Waals surface area contributed by atoms with Crippen LogP contribution in [0.5, 0.6) is 5.75 Å². The molecule has 47 heavy (non-hydrogen) atoms. The smallest absolute Gasteiger partial charge is 0.310 e. The summed E-state index contributed by atoms with van der Waals surface area (Å²) >= 11 is 6.15. The largest absolute Gasteiger partial charge is 0.497 e. The number of benzene rings is 2. The fourth-order valence-corrected chi connectivity index (χ4v) is 5.59. The molecule has 1 aromatic heterocycles. The molecule has 0 fully saturated rings. The van der Waals surface area contributed by atoms with Gasteiger partial charge in [-0.05, 0) is 93.8 Å². The summed E-state index contributed by atoms with van der Waals surface area (Å²) in [7, 11) is 1.59. The number of nitrogens with zero attached hydrogens (tertiary/aromatic N) is 1. The summed E-state index contributed by atoms with van der Waals surface area (Å²) in [5.41, 5.74) is 2.59. The SMILES string of the molecule is CCCCC/C=C\C/C=C\C/C=C\CCCCCOCCCOC(=O)Cc1c(C)n(C(=O)c2cccc(Cl)c2)c2ccc(OC)cc12. The van der Waals surface area contributed by atoms with Crippen LogP contribution in [0.25, 0.3) is 10.9 Å². The highest BCUT2D eigenvalue weighted by Crippen LogP contribution is 2.31. The van der Waals surface area contributed by atoms with Gasteiger partial charge in [-0.25, -0.2) is 0 Å². The number of hydrogen-bond acceptors (Lipinski definition) is 5. The third kappa shape index (κ3) is 13.2. The molecule has 3 rings (SSSR count). The van der Waals surface area contributed by atoms with Gasteiger partial charge in [-0.2, -0.15) is 0 Å². The average Bonchev–Trinajstić information content (AvgIpc) is 3.34. The molecule has 1 heterocycles. The van der Waals surface area contributed by atoms with Gasteiger partial charge in [-0.15, -0.1) is 0 Å². The molecule has 3 aromatic rings. The Balaban J connectivity index is 1.32. The maximum absolute atomic E-state index is 13.5.